The number of fused-ring (bicyclic) bond motifs is 3. The highest BCUT2D eigenvalue weighted by molar-refractivity contribution is 6.22. The highest BCUT2D eigenvalue weighted by Gasteiger charge is 2.23. The lowest BCUT2D eigenvalue weighted by molar-refractivity contribution is 1.21. The second kappa shape index (κ2) is 10.6. The van der Waals surface area contributed by atoms with Gasteiger partial charge in [-0.05, 0) is 56.6 Å². The third-order valence-electron chi connectivity index (χ3n) is 8.29. The Morgan fingerprint density at radius 1 is 0.372 bits per heavy atom. The molecule has 0 unspecified atom stereocenters. The molecule has 0 radical (unpaired) electrons. The van der Waals surface area contributed by atoms with Gasteiger partial charge in [0.05, 0.1) is 5.69 Å². The van der Waals surface area contributed by atoms with E-state index in [0.29, 0.717) is 0 Å². The second-order valence-corrected chi connectivity index (χ2v) is 10.8. The van der Waals surface area contributed by atoms with E-state index in [1.54, 1.807) is 0 Å². The molecule has 0 saturated heterocycles. The van der Waals surface area contributed by atoms with E-state index >= 15 is 0 Å². The SMILES string of the molecule is c1ccc(-c2ccc(-c3c4ccccc4c(N(c4ccccc4)c4nccc5ccccc45)c4ccccc34)cc2)cc1. The van der Waals surface area contributed by atoms with Crippen LogP contribution in [-0.4, -0.2) is 4.98 Å². The fraction of sp³-hybridized carbons (Fsp3) is 0. The largest absolute Gasteiger partial charge is 0.293 e. The molecule has 2 heteroatoms. The van der Waals surface area contributed by atoms with Crippen LogP contribution in [0.3, 0.4) is 0 Å². The summed E-state index contributed by atoms with van der Waals surface area (Å²) in [5, 5.41) is 7.07. The molecule has 0 fully saturated rings. The van der Waals surface area contributed by atoms with E-state index in [4.69, 9.17) is 4.98 Å². The van der Waals surface area contributed by atoms with Crippen LogP contribution in [0.15, 0.2) is 170 Å². The molecule has 43 heavy (non-hydrogen) atoms. The van der Waals surface area contributed by atoms with Gasteiger partial charge < -0.3 is 0 Å². The molecule has 1 aromatic heterocycles. The van der Waals surface area contributed by atoms with E-state index < -0.39 is 0 Å². The Balaban J connectivity index is 1.44. The maximum atomic E-state index is 5.02. The highest BCUT2D eigenvalue weighted by Crippen LogP contribution is 2.48. The van der Waals surface area contributed by atoms with Crippen molar-refractivity contribution in [3.05, 3.63) is 170 Å². The summed E-state index contributed by atoms with van der Waals surface area (Å²) in [5.41, 5.74) is 7.08. The fourth-order valence-corrected chi connectivity index (χ4v) is 6.33. The highest BCUT2D eigenvalue weighted by atomic mass is 15.2. The fourth-order valence-electron chi connectivity index (χ4n) is 6.33. The van der Waals surface area contributed by atoms with E-state index in [-0.39, 0.29) is 0 Å². The molecule has 202 valence electrons. The molecule has 0 aliphatic heterocycles. The normalized spacial score (nSPS) is 11.3. The Kier molecular flexibility index (Phi) is 6.16. The van der Waals surface area contributed by atoms with E-state index in [1.165, 1.54) is 43.8 Å². The smallest absolute Gasteiger partial charge is 0.145 e. The maximum absolute atomic E-state index is 5.02. The van der Waals surface area contributed by atoms with Crippen molar-refractivity contribution in [1.82, 2.24) is 4.98 Å². The number of pyridine rings is 1. The van der Waals surface area contributed by atoms with Gasteiger partial charge in [-0.3, -0.25) is 4.90 Å². The van der Waals surface area contributed by atoms with Gasteiger partial charge in [0.25, 0.3) is 0 Å². The second-order valence-electron chi connectivity index (χ2n) is 10.8. The summed E-state index contributed by atoms with van der Waals surface area (Å²) >= 11 is 0. The summed E-state index contributed by atoms with van der Waals surface area (Å²) in [4.78, 5) is 7.36. The molecule has 8 rings (SSSR count). The Morgan fingerprint density at radius 2 is 0.860 bits per heavy atom. The molecule has 0 spiro atoms. The standard InChI is InChI=1S/C41H28N2/c1-3-13-29(14-4-1)30-23-25-32(26-24-30)39-35-19-9-11-21-37(35)40(38-22-12-10-20-36(38)39)43(33-16-5-2-6-17-33)41-34-18-8-7-15-31(34)27-28-42-41/h1-28H. The predicted molar refractivity (Wildman–Crippen MR) is 182 cm³/mol. The molecule has 0 atom stereocenters. The molecule has 0 aliphatic rings. The molecule has 0 amide bonds. The van der Waals surface area contributed by atoms with Crippen LogP contribution in [0, 0.1) is 0 Å². The summed E-state index contributed by atoms with van der Waals surface area (Å²) in [6.45, 7) is 0. The Morgan fingerprint density at radius 3 is 1.51 bits per heavy atom. The van der Waals surface area contributed by atoms with Crippen molar-refractivity contribution in [3.63, 3.8) is 0 Å². The van der Waals surface area contributed by atoms with Crippen LogP contribution in [-0.2, 0) is 0 Å². The van der Waals surface area contributed by atoms with Crippen LogP contribution in [0.2, 0.25) is 0 Å². The minimum atomic E-state index is 0.916. The lowest BCUT2D eigenvalue weighted by Crippen LogP contribution is -2.13. The molecule has 0 aliphatic carbocycles. The van der Waals surface area contributed by atoms with E-state index in [9.17, 15) is 0 Å². The third kappa shape index (κ3) is 4.32. The number of para-hydroxylation sites is 1. The molecule has 0 N–H and O–H groups in total. The molecule has 0 bridgehead atoms. The number of hydrogen-bond acceptors (Lipinski definition) is 2. The third-order valence-corrected chi connectivity index (χ3v) is 8.29. The van der Waals surface area contributed by atoms with Crippen LogP contribution >= 0.6 is 0 Å². The van der Waals surface area contributed by atoms with E-state index in [2.05, 4.69) is 169 Å². The zero-order valence-corrected chi connectivity index (χ0v) is 23.6. The van der Waals surface area contributed by atoms with Crippen molar-refractivity contribution in [2.75, 3.05) is 4.90 Å². The molecular weight excluding hydrogens is 520 g/mol. The van der Waals surface area contributed by atoms with Crippen LogP contribution in [0.4, 0.5) is 17.2 Å². The topological polar surface area (TPSA) is 16.1 Å². The number of benzene rings is 7. The van der Waals surface area contributed by atoms with Crippen LogP contribution in [0.25, 0.3) is 54.6 Å². The quantitative estimate of drug-likeness (QED) is 0.199. The number of anilines is 3. The average molecular weight is 549 g/mol. The predicted octanol–water partition coefficient (Wildman–Crippen LogP) is 11.3. The van der Waals surface area contributed by atoms with Crippen LogP contribution < -0.4 is 4.90 Å². The lowest BCUT2D eigenvalue weighted by atomic mass is 9.89. The minimum Gasteiger partial charge on any atom is -0.293 e. The summed E-state index contributed by atoms with van der Waals surface area (Å²) in [6.07, 6.45) is 1.92. The summed E-state index contributed by atoms with van der Waals surface area (Å²) in [7, 11) is 0. The Bertz CT molecular complexity index is 2160. The van der Waals surface area contributed by atoms with Crippen molar-refractivity contribution in [3.8, 4) is 22.3 Å². The number of hydrogen-bond donors (Lipinski definition) is 0. The van der Waals surface area contributed by atoms with Crippen molar-refractivity contribution < 1.29 is 0 Å². The monoisotopic (exact) mass is 548 g/mol. The summed E-state index contributed by atoms with van der Waals surface area (Å²) < 4.78 is 0. The number of aromatic nitrogens is 1. The van der Waals surface area contributed by atoms with Crippen molar-refractivity contribution >= 4 is 49.5 Å². The van der Waals surface area contributed by atoms with Gasteiger partial charge in [-0.2, -0.15) is 0 Å². The van der Waals surface area contributed by atoms with Crippen LogP contribution in [0.1, 0.15) is 0 Å². The van der Waals surface area contributed by atoms with Gasteiger partial charge in [0.2, 0.25) is 0 Å². The van der Waals surface area contributed by atoms with Crippen molar-refractivity contribution in [2.24, 2.45) is 0 Å². The van der Waals surface area contributed by atoms with Crippen molar-refractivity contribution in [1.29, 1.82) is 0 Å². The zero-order valence-electron chi connectivity index (χ0n) is 23.6. The zero-order chi connectivity index (χ0) is 28.6. The van der Waals surface area contributed by atoms with Gasteiger partial charge in [-0.1, -0.05) is 146 Å². The molecule has 0 saturated carbocycles. The molecular formula is C41H28N2. The summed E-state index contributed by atoms with van der Waals surface area (Å²) in [6, 6.07) is 58.3. The van der Waals surface area contributed by atoms with Gasteiger partial charge >= 0.3 is 0 Å². The van der Waals surface area contributed by atoms with Gasteiger partial charge in [0.15, 0.2) is 0 Å². The molecule has 8 aromatic rings. The number of rotatable bonds is 5. The average Bonchev–Trinajstić information content (AvgIpc) is 3.09. The first-order chi connectivity index (χ1) is 21.4. The van der Waals surface area contributed by atoms with Gasteiger partial charge in [-0.25, -0.2) is 4.98 Å². The lowest BCUT2D eigenvalue weighted by Gasteiger charge is -2.29. The van der Waals surface area contributed by atoms with Gasteiger partial charge in [-0.15, -0.1) is 0 Å². The van der Waals surface area contributed by atoms with E-state index in [0.717, 1.165) is 28.0 Å². The summed E-state index contributed by atoms with van der Waals surface area (Å²) in [5.74, 6) is 0.916. The Labute approximate surface area is 251 Å². The molecule has 1 heterocycles. The number of nitrogens with zero attached hydrogens (tertiary/aromatic N) is 2. The molecule has 2 nitrogen and oxygen atoms in total. The van der Waals surface area contributed by atoms with Gasteiger partial charge in [0, 0.05) is 28.0 Å². The maximum Gasteiger partial charge on any atom is 0.145 e. The van der Waals surface area contributed by atoms with Crippen LogP contribution in [0.5, 0.6) is 0 Å². The molecule has 7 aromatic carbocycles. The Hall–Kier alpha value is -5.73. The minimum absolute atomic E-state index is 0.916. The first-order valence-corrected chi connectivity index (χ1v) is 14.6. The first kappa shape index (κ1) is 25.0. The van der Waals surface area contributed by atoms with Gasteiger partial charge in [0.1, 0.15) is 5.82 Å². The van der Waals surface area contributed by atoms with E-state index in [1.807, 2.05) is 6.20 Å². The first-order valence-electron chi connectivity index (χ1n) is 14.6. The van der Waals surface area contributed by atoms with Crippen molar-refractivity contribution in [2.45, 2.75) is 0 Å².